The number of hydrogen-bond acceptors (Lipinski definition) is 4. The Balaban J connectivity index is 1.99. The largest absolute Gasteiger partial charge is 0.352 e. The number of carbonyl (C=O) groups is 2. The first-order chi connectivity index (χ1) is 18.7. The molecule has 2 unspecified atom stereocenters. The average Bonchev–Trinajstić information content (AvgIpc) is 2.95. The molecule has 9 heteroatoms. The Morgan fingerprint density at radius 1 is 0.872 bits per heavy atom. The van der Waals surface area contributed by atoms with E-state index in [4.69, 9.17) is 0 Å². The average molecular weight is 554 g/mol. The van der Waals surface area contributed by atoms with E-state index >= 15 is 0 Å². The maximum atomic E-state index is 13.9. The van der Waals surface area contributed by atoms with Crippen molar-refractivity contribution < 1.29 is 22.4 Å². The van der Waals surface area contributed by atoms with Crippen molar-refractivity contribution in [3.8, 4) is 0 Å². The van der Waals surface area contributed by atoms with Gasteiger partial charge in [-0.05, 0) is 68.1 Å². The van der Waals surface area contributed by atoms with E-state index in [-0.39, 0.29) is 29.1 Å². The fourth-order valence-corrected chi connectivity index (χ4v) is 5.63. The Bertz CT molecular complexity index is 1320. The van der Waals surface area contributed by atoms with E-state index in [1.807, 2.05) is 51.1 Å². The van der Waals surface area contributed by atoms with Gasteiger partial charge in [0, 0.05) is 12.6 Å². The molecule has 2 amide bonds. The molecule has 208 valence electrons. The molecular formula is C30H36FN3O4S. The lowest BCUT2D eigenvalue weighted by molar-refractivity contribution is -0.139. The summed E-state index contributed by atoms with van der Waals surface area (Å²) in [6.07, 6.45) is 1.57. The van der Waals surface area contributed by atoms with E-state index in [1.165, 1.54) is 29.2 Å². The molecule has 7 nitrogen and oxygen atoms in total. The first-order valence-corrected chi connectivity index (χ1v) is 14.6. The quantitative estimate of drug-likeness (QED) is 0.330. The van der Waals surface area contributed by atoms with E-state index in [1.54, 1.807) is 18.2 Å². The third kappa shape index (κ3) is 7.89. The van der Waals surface area contributed by atoms with Gasteiger partial charge in [-0.15, -0.1) is 0 Å². The van der Waals surface area contributed by atoms with E-state index in [9.17, 15) is 22.4 Å². The molecule has 3 aromatic carbocycles. The molecule has 3 rings (SSSR count). The van der Waals surface area contributed by atoms with Crippen LogP contribution in [0.15, 0.2) is 89.8 Å². The number of amides is 2. The number of hydrogen-bond donors (Lipinski definition) is 1. The summed E-state index contributed by atoms with van der Waals surface area (Å²) in [6.45, 7) is 5.34. The molecule has 0 radical (unpaired) electrons. The topological polar surface area (TPSA) is 86.8 Å². The second-order valence-electron chi connectivity index (χ2n) is 9.37. The van der Waals surface area contributed by atoms with E-state index in [2.05, 4.69) is 5.32 Å². The molecule has 0 saturated carbocycles. The molecule has 0 bridgehead atoms. The minimum Gasteiger partial charge on any atom is -0.352 e. The first-order valence-electron chi connectivity index (χ1n) is 13.1. The minimum atomic E-state index is -4.18. The third-order valence-corrected chi connectivity index (χ3v) is 8.38. The maximum Gasteiger partial charge on any atom is 0.264 e. The van der Waals surface area contributed by atoms with Crippen LogP contribution in [-0.4, -0.2) is 50.3 Å². The van der Waals surface area contributed by atoms with Crippen molar-refractivity contribution in [3.63, 3.8) is 0 Å². The van der Waals surface area contributed by atoms with Gasteiger partial charge < -0.3 is 10.2 Å². The number of carbonyl (C=O) groups excluding carboxylic acids is 2. The van der Waals surface area contributed by atoms with Crippen molar-refractivity contribution >= 4 is 27.5 Å². The third-order valence-electron chi connectivity index (χ3n) is 6.60. The molecule has 0 aliphatic rings. The van der Waals surface area contributed by atoms with Gasteiger partial charge in [-0.25, -0.2) is 12.8 Å². The van der Waals surface area contributed by atoms with Crippen LogP contribution in [0.5, 0.6) is 0 Å². The predicted octanol–water partition coefficient (Wildman–Crippen LogP) is 4.79. The monoisotopic (exact) mass is 553 g/mol. The molecule has 0 fully saturated rings. The van der Waals surface area contributed by atoms with Crippen LogP contribution in [0.3, 0.4) is 0 Å². The molecule has 2 atom stereocenters. The second-order valence-corrected chi connectivity index (χ2v) is 11.2. The van der Waals surface area contributed by atoms with Crippen molar-refractivity contribution in [2.75, 3.05) is 17.4 Å². The maximum absolute atomic E-state index is 13.9. The highest BCUT2D eigenvalue weighted by molar-refractivity contribution is 7.92. The highest BCUT2D eigenvalue weighted by atomic mass is 32.2. The molecule has 0 aliphatic carbocycles. The molecule has 0 aliphatic heterocycles. The number of nitrogens with one attached hydrogen (secondary N) is 1. The molecule has 0 saturated heterocycles. The summed E-state index contributed by atoms with van der Waals surface area (Å²) in [4.78, 5) is 28.6. The van der Waals surface area contributed by atoms with Gasteiger partial charge in [0.05, 0.1) is 10.6 Å². The van der Waals surface area contributed by atoms with E-state index < -0.39 is 34.3 Å². The Labute approximate surface area is 230 Å². The fraction of sp³-hybridized carbons (Fsp3) is 0.333. The van der Waals surface area contributed by atoms with Gasteiger partial charge in [-0.2, -0.15) is 0 Å². The van der Waals surface area contributed by atoms with Gasteiger partial charge in [-0.1, -0.05) is 62.4 Å². The Kier molecular flexibility index (Phi) is 10.6. The summed E-state index contributed by atoms with van der Waals surface area (Å²) >= 11 is 0. The zero-order chi connectivity index (χ0) is 28.4. The Hall–Kier alpha value is -3.72. The summed E-state index contributed by atoms with van der Waals surface area (Å²) in [5.41, 5.74) is 1.13. The molecule has 1 N–H and O–H groups in total. The Morgan fingerprint density at radius 3 is 2.03 bits per heavy atom. The number of anilines is 1. The van der Waals surface area contributed by atoms with Gasteiger partial charge >= 0.3 is 0 Å². The van der Waals surface area contributed by atoms with Crippen LogP contribution in [-0.2, 0) is 26.0 Å². The van der Waals surface area contributed by atoms with Crippen LogP contribution >= 0.6 is 0 Å². The number of sulfonamides is 1. The smallest absolute Gasteiger partial charge is 0.264 e. The summed E-state index contributed by atoms with van der Waals surface area (Å²) in [5.74, 6) is -1.34. The van der Waals surface area contributed by atoms with Crippen LogP contribution in [0.4, 0.5) is 10.1 Å². The van der Waals surface area contributed by atoms with E-state index in [0.29, 0.717) is 12.8 Å². The van der Waals surface area contributed by atoms with Crippen molar-refractivity contribution in [1.82, 2.24) is 10.2 Å². The number of benzene rings is 3. The molecule has 0 heterocycles. The molecule has 0 aromatic heterocycles. The summed E-state index contributed by atoms with van der Waals surface area (Å²) < 4.78 is 42.1. The Morgan fingerprint density at radius 2 is 1.46 bits per heavy atom. The predicted molar refractivity (Wildman–Crippen MR) is 151 cm³/mol. The highest BCUT2D eigenvalue weighted by Gasteiger charge is 2.33. The van der Waals surface area contributed by atoms with Crippen LogP contribution in [0.25, 0.3) is 0 Å². The lowest BCUT2D eigenvalue weighted by atomic mass is 10.1. The summed E-state index contributed by atoms with van der Waals surface area (Å²) in [6, 6.07) is 21.4. The van der Waals surface area contributed by atoms with Gasteiger partial charge in [0.25, 0.3) is 10.0 Å². The second kappa shape index (κ2) is 13.9. The lowest BCUT2D eigenvalue weighted by Gasteiger charge is -2.33. The molecule has 39 heavy (non-hydrogen) atoms. The number of nitrogens with zero attached hydrogens (tertiary/aromatic N) is 2. The van der Waals surface area contributed by atoms with Crippen molar-refractivity contribution in [2.24, 2.45) is 0 Å². The van der Waals surface area contributed by atoms with Crippen molar-refractivity contribution in [2.45, 2.75) is 57.0 Å². The lowest BCUT2D eigenvalue weighted by Crippen LogP contribution is -2.54. The van der Waals surface area contributed by atoms with Crippen LogP contribution in [0, 0.1) is 5.82 Å². The van der Waals surface area contributed by atoms with Crippen molar-refractivity contribution in [1.29, 1.82) is 0 Å². The van der Waals surface area contributed by atoms with Crippen LogP contribution < -0.4 is 9.62 Å². The standard InChI is InChI=1S/C30H36FN3O4S/c1-4-23(3)32-30(36)28(5-2)33(21-20-24-12-8-6-9-13-24)29(35)22-34(26-18-16-25(31)17-19-26)39(37,38)27-14-10-7-11-15-27/h6-19,23,28H,4-5,20-22H2,1-3H3,(H,32,36). The van der Waals surface area contributed by atoms with Crippen LogP contribution in [0.2, 0.25) is 0 Å². The number of rotatable bonds is 13. The van der Waals surface area contributed by atoms with E-state index in [0.717, 1.165) is 28.4 Å². The number of halogens is 1. The zero-order valence-electron chi connectivity index (χ0n) is 22.6. The summed E-state index contributed by atoms with van der Waals surface area (Å²) in [7, 11) is -4.18. The van der Waals surface area contributed by atoms with Crippen LogP contribution in [0.1, 0.15) is 39.2 Å². The van der Waals surface area contributed by atoms with Gasteiger partial charge in [0.2, 0.25) is 11.8 Å². The van der Waals surface area contributed by atoms with Gasteiger partial charge in [-0.3, -0.25) is 13.9 Å². The highest BCUT2D eigenvalue weighted by Crippen LogP contribution is 2.24. The van der Waals surface area contributed by atoms with Gasteiger partial charge in [0.15, 0.2) is 0 Å². The fourth-order valence-electron chi connectivity index (χ4n) is 4.19. The normalized spacial score (nSPS) is 12.8. The van der Waals surface area contributed by atoms with Gasteiger partial charge in [0.1, 0.15) is 18.4 Å². The summed E-state index contributed by atoms with van der Waals surface area (Å²) in [5, 5.41) is 2.96. The molecular weight excluding hydrogens is 517 g/mol. The first kappa shape index (κ1) is 29.8. The minimum absolute atomic E-state index is 0.000448. The van der Waals surface area contributed by atoms with Crippen molar-refractivity contribution in [3.05, 3.63) is 96.3 Å². The molecule has 0 spiro atoms. The zero-order valence-corrected chi connectivity index (χ0v) is 23.4. The molecule has 3 aromatic rings. The SMILES string of the molecule is CCC(C)NC(=O)C(CC)N(CCc1ccccc1)C(=O)CN(c1ccc(F)cc1)S(=O)(=O)c1ccccc1.